The molecule has 0 amide bonds. The Balaban J connectivity index is 1.90. The van der Waals surface area contributed by atoms with Crippen LogP contribution in [0.2, 0.25) is 5.02 Å². The van der Waals surface area contributed by atoms with Gasteiger partial charge in [0, 0.05) is 11.2 Å². The van der Waals surface area contributed by atoms with Crippen LogP contribution in [0, 0.1) is 6.92 Å². The Kier molecular flexibility index (Phi) is 4.06. The van der Waals surface area contributed by atoms with Crippen LogP contribution in [0.1, 0.15) is 5.56 Å². The summed E-state index contributed by atoms with van der Waals surface area (Å²) in [4.78, 5) is 18.4. The van der Waals surface area contributed by atoms with E-state index in [4.69, 9.17) is 11.6 Å². The van der Waals surface area contributed by atoms with Crippen molar-refractivity contribution < 1.29 is 0 Å². The Morgan fingerprint density at radius 2 is 1.77 bits per heavy atom. The number of nitrogens with zero attached hydrogens (tertiary/aromatic N) is 5. The molecule has 2 aromatic heterocycles. The quantitative estimate of drug-likeness (QED) is 0.603. The summed E-state index contributed by atoms with van der Waals surface area (Å²) in [5.41, 5.74) is 3.46. The maximum atomic E-state index is 11.8. The largest absolute Gasteiger partial charge is 0.345 e. The van der Waals surface area contributed by atoms with Crippen LogP contribution in [0.5, 0.6) is 0 Å². The molecule has 0 atom stereocenters. The van der Waals surface area contributed by atoms with Crippen molar-refractivity contribution in [3.05, 3.63) is 75.8 Å². The summed E-state index contributed by atoms with van der Waals surface area (Å²) >= 11 is 5.97. The average molecular weight is 365 g/mol. The summed E-state index contributed by atoms with van der Waals surface area (Å²) < 4.78 is 1.61. The van der Waals surface area contributed by atoms with Gasteiger partial charge < -0.3 is 4.98 Å². The van der Waals surface area contributed by atoms with Crippen molar-refractivity contribution in [2.75, 3.05) is 0 Å². The Bertz CT molecular complexity index is 1120. The summed E-state index contributed by atoms with van der Waals surface area (Å²) in [7, 11) is 0. The van der Waals surface area contributed by atoms with Gasteiger partial charge in [0.2, 0.25) is 0 Å². The fourth-order valence-electron chi connectivity index (χ4n) is 2.62. The van der Waals surface area contributed by atoms with E-state index < -0.39 is 5.69 Å². The molecule has 0 aliphatic rings. The number of aromatic nitrogens is 6. The second-order valence-corrected chi connectivity index (χ2v) is 6.17. The molecule has 1 N–H and O–H groups in total. The summed E-state index contributed by atoms with van der Waals surface area (Å²) in [6.07, 6.45) is 1.47. The Labute approximate surface area is 153 Å². The number of H-pyrrole nitrogens is 1. The molecule has 0 bridgehead atoms. The fraction of sp³-hybridized carbons (Fsp3) is 0.0556. The van der Waals surface area contributed by atoms with Gasteiger partial charge in [-0.05, 0) is 47.2 Å². The average Bonchev–Trinajstić information content (AvgIpc) is 3.12. The van der Waals surface area contributed by atoms with E-state index in [-0.39, 0.29) is 0 Å². The highest BCUT2D eigenvalue weighted by atomic mass is 35.5. The smallest absolute Gasteiger partial charge is 0.305 e. The van der Waals surface area contributed by atoms with Crippen LogP contribution in [-0.4, -0.2) is 30.2 Å². The highest BCUT2D eigenvalue weighted by Gasteiger charge is 2.17. The molecule has 4 aromatic rings. The third-order valence-electron chi connectivity index (χ3n) is 3.93. The lowest BCUT2D eigenvalue weighted by Gasteiger charge is -2.09. The lowest BCUT2D eigenvalue weighted by Crippen LogP contribution is -2.12. The lowest BCUT2D eigenvalue weighted by molar-refractivity contribution is 0.790. The van der Waals surface area contributed by atoms with Gasteiger partial charge in [0.15, 0.2) is 5.82 Å². The third kappa shape index (κ3) is 3.00. The molecule has 0 fully saturated rings. The number of nitrogens with one attached hydrogen (secondary N) is 1. The zero-order valence-corrected chi connectivity index (χ0v) is 14.5. The van der Waals surface area contributed by atoms with E-state index in [1.807, 2.05) is 43.3 Å². The molecular weight excluding hydrogens is 352 g/mol. The van der Waals surface area contributed by atoms with Crippen LogP contribution in [0.3, 0.4) is 0 Å². The highest BCUT2D eigenvalue weighted by molar-refractivity contribution is 6.30. The summed E-state index contributed by atoms with van der Waals surface area (Å²) in [6, 6.07) is 14.9. The molecule has 8 heteroatoms. The monoisotopic (exact) mass is 364 g/mol. The van der Waals surface area contributed by atoms with Crippen LogP contribution in [0.25, 0.3) is 28.3 Å². The predicted molar refractivity (Wildman–Crippen MR) is 98.2 cm³/mol. The second kappa shape index (κ2) is 6.53. The molecule has 2 heterocycles. The van der Waals surface area contributed by atoms with Crippen LogP contribution in [-0.2, 0) is 0 Å². The van der Waals surface area contributed by atoms with Gasteiger partial charge in [0.25, 0.3) is 0 Å². The summed E-state index contributed by atoms with van der Waals surface area (Å²) in [6.45, 7) is 2.01. The number of aryl methyl sites for hydroxylation is 1. The Morgan fingerprint density at radius 3 is 2.50 bits per heavy atom. The number of tetrazole rings is 1. The molecule has 0 aliphatic carbocycles. The number of halogens is 1. The molecule has 2 aromatic carbocycles. The number of rotatable bonds is 3. The summed E-state index contributed by atoms with van der Waals surface area (Å²) in [5.74, 6) is 0.475. The van der Waals surface area contributed by atoms with E-state index in [1.165, 1.54) is 6.20 Å². The van der Waals surface area contributed by atoms with E-state index in [0.29, 0.717) is 22.1 Å². The lowest BCUT2D eigenvalue weighted by atomic mass is 10.1. The first-order valence-electron chi connectivity index (χ1n) is 7.83. The third-order valence-corrected chi connectivity index (χ3v) is 4.19. The Hall–Kier alpha value is -3.32. The molecule has 128 valence electrons. The van der Waals surface area contributed by atoms with Gasteiger partial charge in [0.05, 0.1) is 16.9 Å². The number of benzene rings is 2. The molecule has 0 saturated carbocycles. The minimum atomic E-state index is -0.451. The van der Waals surface area contributed by atoms with Gasteiger partial charge in [0.1, 0.15) is 0 Å². The standard InChI is InChI=1S/C18H13ClN6O/c1-11-2-8-14(9-3-11)25-17(22-23-24-25)15-10-20-18(26)21-16(15)12-4-6-13(19)7-5-12/h2-10H,1H3,(H,20,21,26). The van der Waals surface area contributed by atoms with Gasteiger partial charge in [-0.1, -0.05) is 41.4 Å². The van der Waals surface area contributed by atoms with Gasteiger partial charge in [-0.25, -0.2) is 9.78 Å². The first kappa shape index (κ1) is 16.2. The number of hydrogen-bond donors (Lipinski definition) is 1. The highest BCUT2D eigenvalue weighted by Crippen LogP contribution is 2.29. The minimum Gasteiger partial charge on any atom is -0.305 e. The summed E-state index contributed by atoms with van der Waals surface area (Å²) in [5, 5.41) is 12.6. The molecule has 26 heavy (non-hydrogen) atoms. The van der Waals surface area contributed by atoms with Gasteiger partial charge in [-0.2, -0.15) is 4.68 Å². The first-order chi connectivity index (χ1) is 12.6. The molecule has 0 aliphatic heterocycles. The van der Waals surface area contributed by atoms with Crippen LogP contribution in [0.15, 0.2) is 59.5 Å². The van der Waals surface area contributed by atoms with Crippen molar-refractivity contribution in [1.29, 1.82) is 0 Å². The minimum absolute atomic E-state index is 0.451. The van der Waals surface area contributed by atoms with E-state index in [2.05, 4.69) is 25.5 Å². The molecule has 7 nitrogen and oxygen atoms in total. The van der Waals surface area contributed by atoms with Crippen molar-refractivity contribution in [3.8, 4) is 28.3 Å². The number of hydrogen-bond acceptors (Lipinski definition) is 5. The maximum absolute atomic E-state index is 11.8. The second-order valence-electron chi connectivity index (χ2n) is 5.73. The van der Waals surface area contributed by atoms with E-state index in [1.54, 1.807) is 16.8 Å². The maximum Gasteiger partial charge on any atom is 0.345 e. The normalized spacial score (nSPS) is 10.8. The van der Waals surface area contributed by atoms with Crippen molar-refractivity contribution in [2.45, 2.75) is 6.92 Å². The molecular formula is C18H13ClN6O. The van der Waals surface area contributed by atoms with Crippen molar-refractivity contribution >= 4 is 11.6 Å². The molecule has 0 saturated heterocycles. The number of aromatic amines is 1. The molecule has 0 radical (unpaired) electrons. The van der Waals surface area contributed by atoms with E-state index in [0.717, 1.165) is 16.8 Å². The van der Waals surface area contributed by atoms with E-state index >= 15 is 0 Å². The van der Waals surface area contributed by atoms with Crippen LogP contribution >= 0.6 is 11.6 Å². The zero-order chi connectivity index (χ0) is 18.1. The molecule has 0 unspecified atom stereocenters. The van der Waals surface area contributed by atoms with Crippen molar-refractivity contribution in [2.24, 2.45) is 0 Å². The Morgan fingerprint density at radius 1 is 1.04 bits per heavy atom. The van der Waals surface area contributed by atoms with Gasteiger partial charge >= 0.3 is 5.69 Å². The van der Waals surface area contributed by atoms with Crippen molar-refractivity contribution in [3.63, 3.8) is 0 Å². The first-order valence-corrected chi connectivity index (χ1v) is 8.21. The van der Waals surface area contributed by atoms with Crippen LogP contribution in [0.4, 0.5) is 0 Å². The van der Waals surface area contributed by atoms with Crippen LogP contribution < -0.4 is 5.69 Å². The van der Waals surface area contributed by atoms with Crippen molar-refractivity contribution in [1.82, 2.24) is 30.2 Å². The topological polar surface area (TPSA) is 89.3 Å². The SMILES string of the molecule is Cc1ccc(-n2nnnc2-c2cnc(=O)[nH]c2-c2ccc(Cl)cc2)cc1. The zero-order valence-electron chi connectivity index (χ0n) is 13.7. The fourth-order valence-corrected chi connectivity index (χ4v) is 2.75. The molecule has 4 rings (SSSR count). The van der Waals surface area contributed by atoms with E-state index in [9.17, 15) is 4.79 Å². The molecule has 0 spiro atoms. The van der Waals surface area contributed by atoms with Gasteiger partial charge in [-0.15, -0.1) is 5.10 Å². The van der Waals surface area contributed by atoms with Gasteiger partial charge in [-0.3, -0.25) is 0 Å². The predicted octanol–water partition coefficient (Wildman–Crippen LogP) is 3.04.